The summed E-state index contributed by atoms with van der Waals surface area (Å²) in [5.41, 5.74) is 2.08. The maximum atomic E-state index is 10.6. The summed E-state index contributed by atoms with van der Waals surface area (Å²) in [4.78, 5) is 13.0. The van der Waals surface area contributed by atoms with Crippen LogP contribution in [0.4, 0.5) is 0 Å². The zero-order valence-electron chi connectivity index (χ0n) is 11.3. The molecule has 0 aliphatic carbocycles. The second-order valence-electron chi connectivity index (χ2n) is 5.02. The van der Waals surface area contributed by atoms with Crippen molar-refractivity contribution in [3.05, 3.63) is 35.4 Å². The molecule has 4 nitrogen and oxygen atoms in total. The third-order valence-corrected chi connectivity index (χ3v) is 3.46. The van der Waals surface area contributed by atoms with E-state index in [1.807, 2.05) is 24.3 Å². The molecule has 1 aliphatic heterocycles. The van der Waals surface area contributed by atoms with Crippen LogP contribution in [0.15, 0.2) is 24.3 Å². The molecular formula is C15H21NO3. The summed E-state index contributed by atoms with van der Waals surface area (Å²) < 4.78 is 5.65. The molecule has 1 aromatic rings. The molecule has 1 aliphatic rings. The van der Waals surface area contributed by atoms with E-state index >= 15 is 0 Å². The lowest BCUT2D eigenvalue weighted by molar-refractivity contribution is -0.136. The maximum absolute atomic E-state index is 10.6. The molecule has 1 aromatic carbocycles. The lowest BCUT2D eigenvalue weighted by Gasteiger charge is -2.32. The fourth-order valence-corrected chi connectivity index (χ4v) is 2.37. The first-order chi connectivity index (χ1) is 9.17. The van der Waals surface area contributed by atoms with Crippen LogP contribution in [0, 0.1) is 0 Å². The number of carboxylic acid groups (broad SMARTS) is 1. The zero-order chi connectivity index (χ0) is 13.7. The molecule has 19 heavy (non-hydrogen) atoms. The van der Waals surface area contributed by atoms with Crippen LogP contribution in [-0.2, 0) is 22.5 Å². The Morgan fingerprint density at radius 1 is 1.37 bits per heavy atom. The van der Waals surface area contributed by atoms with E-state index in [0.29, 0.717) is 6.10 Å². The van der Waals surface area contributed by atoms with Gasteiger partial charge in [-0.15, -0.1) is 0 Å². The smallest absolute Gasteiger partial charge is 0.307 e. The van der Waals surface area contributed by atoms with Crippen LogP contribution in [0.5, 0.6) is 0 Å². The first-order valence-electron chi connectivity index (χ1n) is 6.81. The molecule has 2 rings (SSSR count). The van der Waals surface area contributed by atoms with E-state index in [1.54, 1.807) is 0 Å². The molecule has 104 valence electrons. The Bertz CT molecular complexity index is 416. The van der Waals surface area contributed by atoms with Gasteiger partial charge in [0.05, 0.1) is 19.1 Å². The second-order valence-corrected chi connectivity index (χ2v) is 5.02. The fraction of sp³-hybridized carbons (Fsp3) is 0.533. The molecular weight excluding hydrogens is 242 g/mol. The Balaban J connectivity index is 1.90. The van der Waals surface area contributed by atoms with Crippen LogP contribution < -0.4 is 0 Å². The standard InChI is InChI=1S/C15H21NO3/c1-2-14-11-16(7-8-19-14)10-13-5-3-12(4-6-13)9-15(17)18/h3-6,14H,2,7-11H2,1H3,(H,17,18). The van der Waals surface area contributed by atoms with Crippen molar-refractivity contribution in [2.75, 3.05) is 19.7 Å². The largest absolute Gasteiger partial charge is 0.481 e. The molecule has 1 saturated heterocycles. The molecule has 1 heterocycles. The van der Waals surface area contributed by atoms with Crippen molar-refractivity contribution >= 4 is 5.97 Å². The van der Waals surface area contributed by atoms with Crippen molar-refractivity contribution in [2.24, 2.45) is 0 Å². The number of morpholine rings is 1. The van der Waals surface area contributed by atoms with Crippen molar-refractivity contribution in [1.82, 2.24) is 4.90 Å². The van der Waals surface area contributed by atoms with Gasteiger partial charge in [0.25, 0.3) is 0 Å². The minimum Gasteiger partial charge on any atom is -0.481 e. The van der Waals surface area contributed by atoms with Crippen molar-refractivity contribution in [1.29, 1.82) is 0 Å². The molecule has 1 N–H and O–H groups in total. The maximum Gasteiger partial charge on any atom is 0.307 e. The van der Waals surface area contributed by atoms with Gasteiger partial charge < -0.3 is 9.84 Å². The molecule has 0 radical (unpaired) electrons. The quantitative estimate of drug-likeness (QED) is 0.882. The van der Waals surface area contributed by atoms with Crippen LogP contribution in [0.2, 0.25) is 0 Å². The summed E-state index contributed by atoms with van der Waals surface area (Å²) in [6.07, 6.45) is 1.49. The number of hydrogen-bond donors (Lipinski definition) is 1. The summed E-state index contributed by atoms with van der Waals surface area (Å²) in [6, 6.07) is 7.85. The Labute approximate surface area is 114 Å². The minimum atomic E-state index is -0.785. The number of nitrogens with zero attached hydrogens (tertiary/aromatic N) is 1. The first kappa shape index (κ1) is 14.0. The van der Waals surface area contributed by atoms with E-state index in [4.69, 9.17) is 9.84 Å². The number of carbonyl (C=O) groups is 1. The van der Waals surface area contributed by atoms with Gasteiger partial charge in [-0.05, 0) is 17.5 Å². The predicted molar refractivity (Wildman–Crippen MR) is 73.1 cm³/mol. The number of carboxylic acids is 1. The van der Waals surface area contributed by atoms with Gasteiger partial charge >= 0.3 is 5.97 Å². The molecule has 0 spiro atoms. The number of ether oxygens (including phenoxy) is 1. The molecule has 0 bridgehead atoms. The third kappa shape index (κ3) is 4.33. The second kappa shape index (κ2) is 6.68. The van der Waals surface area contributed by atoms with Gasteiger partial charge in [0.1, 0.15) is 0 Å². The lowest BCUT2D eigenvalue weighted by atomic mass is 10.1. The SMILES string of the molecule is CCC1CN(Cc2ccc(CC(=O)O)cc2)CCO1. The average Bonchev–Trinajstić information content (AvgIpc) is 2.41. The van der Waals surface area contributed by atoms with Gasteiger partial charge in [-0.1, -0.05) is 31.2 Å². The van der Waals surface area contributed by atoms with Gasteiger partial charge in [-0.25, -0.2) is 0 Å². The molecule has 4 heteroatoms. The summed E-state index contributed by atoms with van der Waals surface area (Å²) >= 11 is 0. The highest BCUT2D eigenvalue weighted by molar-refractivity contribution is 5.70. The van der Waals surface area contributed by atoms with Gasteiger partial charge in [-0.3, -0.25) is 9.69 Å². The van der Waals surface area contributed by atoms with E-state index < -0.39 is 5.97 Å². The number of aliphatic carboxylic acids is 1. The Hall–Kier alpha value is -1.39. The normalized spacial score (nSPS) is 20.4. The molecule has 1 atom stereocenters. The lowest BCUT2D eigenvalue weighted by Crippen LogP contribution is -2.41. The third-order valence-electron chi connectivity index (χ3n) is 3.46. The highest BCUT2D eigenvalue weighted by atomic mass is 16.5. The average molecular weight is 263 g/mol. The van der Waals surface area contributed by atoms with Gasteiger partial charge in [0.15, 0.2) is 0 Å². The summed E-state index contributed by atoms with van der Waals surface area (Å²) in [7, 11) is 0. The summed E-state index contributed by atoms with van der Waals surface area (Å²) in [6.45, 7) is 5.80. The Morgan fingerprint density at radius 2 is 2.05 bits per heavy atom. The van der Waals surface area contributed by atoms with Crippen molar-refractivity contribution < 1.29 is 14.6 Å². The van der Waals surface area contributed by atoms with Crippen LogP contribution in [0.3, 0.4) is 0 Å². The van der Waals surface area contributed by atoms with Crippen molar-refractivity contribution in [3.8, 4) is 0 Å². The number of benzene rings is 1. The zero-order valence-corrected chi connectivity index (χ0v) is 11.3. The van der Waals surface area contributed by atoms with Crippen molar-refractivity contribution in [2.45, 2.75) is 32.4 Å². The molecule has 1 fully saturated rings. The van der Waals surface area contributed by atoms with E-state index in [-0.39, 0.29) is 6.42 Å². The topological polar surface area (TPSA) is 49.8 Å². The summed E-state index contributed by atoms with van der Waals surface area (Å²) in [5.74, 6) is -0.785. The van der Waals surface area contributed by atoms with Crippen LogP contribution >= 0.6 is 0 Å². The van der Waals surface area contributed by atoms with E-state index in [2.05, 4.69) is 11.8 Å². The van der Waals surface area contributed by atoms with E-state index in [1.165, 1.54) is 5.56 Å². The number of rotatable bonds is 5. The van der Waals surface area contributed by atoms with Gasteiger partial charge in [0, 0.05) is 19.6 Å². The highest BCUT2D eigenvalue weighted by Crippen LogP contribution is 2.13. The van der Waals surface area contributed by atoms with Crippen LogP contribution in [-0.4, -0.2) is 41.8 Å². The first-order valence-corrected chi connectivity index (χ1v) is 6.81. The summed E-state index contributed by atoms with van der Waals surface area (Å²) in [5, 5.41) is 8.73. The van der Waals surface area contributed by atoms with Crippen molar-refractivity contribution in [3.63, 3.8) is 0 Å². The Kier molecular flexibility index (Phi) is 4.93. The fourth-order valence-electron chi connectivity index (χ4n) is 2.37. The molecule has 1 unspecified atom stereocenters. The van der Waals surface area contributed by atoms with E-state index in [9.17, 15) is 4.79 Å². The van der Waals surface area contributed by atoms with E-state index in [0.717, 1.165) is 38.2 Å². The van der Waals surface area contributed by atoms with Crippen LogP contribution in [0.1, 0.15) is 24.5 Å². The minimum absolute atomic E-state index is 0.0930. The molecule has 0 aromatic heterocycles. The highest BCUT2D eigenvalue weighted by Gasteiger charge is 2.18. The van der Waals surface area contributed by atoms with Crippen LogP contribution in [0.25, 0.3) is 0 Å². The Morgan fingerprint density at radius 3 is 2.68 bits per heavy atom. The molecule has 0 amide bonds. The van der Waals surface area contributed by atoms with Gasteiger partial charge in [-0.2, -0.15) is 0 Å². The monoisotopic (exact) mass is 263 g/mol. The number of hydrogen-bond acceptors (Lipinski definition) is 3. The molecule has 0 saturated carbocycles. The predicted octanol–water partition coefficient (Wildman–Crippen LogP) is 1.92. The van der Waals surface area contributed by atoms with Gasteiger partial charge in [0.2, 0.25) is 0 Å².